The minimum Gasteiger partial charge on any atom is -0.356 e. The molecule has 2 unspecified atom stereocenters. The molecule has 0 saturated carbocycles. The third kappa shape index (κ3) is 8.56. The summed E-state index contributed by atoms with van der Waals surface area (Å²) in [6.07, 6.45) is 4.27. The van der Waals surface area contributed by atoms with Crippen LogP contribution in [-0.4, -0.2) is 49.4 Å². The molecule has 0 aliphatic carbocycles. The van der Waals surface area contributed by atoms with Crippen LogP contribution in [0.25, 0.3) is 0 Å². The molecule has 1 aliphatic heterocycles. The highest BCUT2D eigenvalue weighted by molar-refractivity contribution is 5.85. The molecule has 1 aliphatic rings. The summed E-state index contributed by atoms with van der Waals surface area (Å²) in [4.78, 5) is 25.6. The molecule has 1 rings (SSSR count). The molecule has 6 heteroatoms. The number of rotatable bonds is 9. The van der Waals surface area contributed by atoms with Gasteiger partial charge in [-0.2, -0.15) is 0 Å². The highest BCUT2D eigenvalue weighted by atomic mass is 35.5. The van der Waals surface area contributed by atoms with E-state index in [1.165, 1.54) is 12.8 Å². The van der Waals surface area contributed by atoms with Gasteiger partial charge < -0.3 is 15.5 Å². The van der Waals surface area contributed by atoms with Crippen LogP contribution < -0.4 is 10.6 Å². The second kappa shape index (κ2) is 12.6. The average Bonchev–Trinajstić information content (AvgIpc) is 2.53. The van der Waals surface area contributed by atoms with Gasteiger partial charge in [0.25, 0.3) is 0 Å². The third-order valence-electron chi connectivity index (χ3n) is 4.65. The molecule has 2 atom stereocenters. The fraction of sp³-hybridized carbons (Fsp3) is 0.882. The predicted octanol–water partition coefficient (Wildman–Crippen LogP) is 2.20. The number of hydrogen-bond donors (Lipinski definition) is 2. The van der Waals surface area contributed by atoms with Crippen molar-refractivity contribution in [1.29, 1.82) is 0 Å². The Morgan fingerprint density at radius 1 is 1.30 bits per heavy atom. The Labute approximate surface area is 147 Å². The number of nitrogens with one attached hydrogen (secondary N) is 2. The number of halogens is 1. The summed E-state index contributed by atoms with van der Waals surface area (Å²) in [6, 6.07) is 0. The maximum absolute atomic E-state index is 12.0. The van der Waals surface area contributed by atoms with Crippen molar-refractivity contribution in [3.8, 4) is 0 Å². The molecule has 0 bridgehead atoms. The number of nitrogens with zero attached hydrogens (tertiary/aromatic N) is 1. The predicted molar refractivity (Wildman–Crippen MR) is 96.8 cm³/mol. The first-order valence-corrected chi connectivity index (χ1v) is 8.83. The largest absolute Gasteiger partial charge is 0.356 e. The lowest BCUT2D eigenvalue weighted by molar-refractivity contribution is -0.131. The zero-order chi connectivity index (χ0) is 16.4. The molecule has 1 fully saturated rings. The van der Waals surface area contributed by atoms with E-state index in [1.807, 2.05) is 18.7 Å². The molecule has 23 heavy (non-hydrogen) atoms. The number of hydrogen-bond acceptors (Lipinski definition) is 3. The van der Waals surface area contributed by atoms with Gasteiger partial charge in [0.15, 0.2) is 0 Å². The molecule has 2 N–H and O–H groups in total. The summed E-state index contributed by atoms with van der Waals surface area (Å²) in [7, 11) is 0. The summed E-state index contributed by atoms with van der Waals surface area (Å²) in [5.74, 6) is 1.34. The van der Waals surface area contributed by atoms with Gasteiger partial charge in [0, 0.05) is 32.5 Å². The van der Waals surface area contributed by atoms with E-state index in [0.29, 0.717) is 31.2 Å². The lowest BCUT2D eigenvalue weighted by Gasteiger charge is -2.28. The molecule has 0 spiro atoms. The van der Waals surface area contributed by atoms with Crippen LogP contribution in [0, 0.1) is 11.8 Å². The van der Waals surface area contributed by atoms with E-state index >= 15 is 0 Å². The van der Waals surface area contributed by atoms with Gasteiger partial charge in [-0.1, -0.05) is 6.92 Å². The quantitative estimate of drug-likeness (QED) is 0.628. The molecular weight excluding hydrogens is 314 g/mol. The third-order valence-corrected chi connectivity index (χ3v) is 4.65. The molecule has 2 amide bonds. The molecule has 0 aromatic carbocycles. The van der Waals surface area contributed by atoms with Gasteiger partial charge in [-0.05, 0) is 58.0 Å². The lowest BCUT2D eigenvalue weighted by Crippen LogP contribution is -2.36. The van der Waals surface area contributed by atoms with Gasteiger partial charge in [-0.25, -0.2) is 0 Å². The fourth-order valence-electron chi connectivity index (χ4n) is 3.10. The molecule has 1 heterocycles. The van der Waals surface area contributed by atoms with Gasteiger partial charge in [-0.3, -0.25) is 9.59 Å². The summed E-state index contributed by atoms with van der Waals surface area (Å²) in [5.41, 5.74) is 0. The zero-order valence-electron chi connectivity index (χ0n) is 14.9. The molecule has 0 aromatic rings. The Morgan fingerprint density at radius 2 is 2.00 bits per heavy atom. The van der Waals surface area contributed by atoms with Crippen molar-refractivity contribution in [2.24, 2.45) is 11.8 Å². The Hall–Kier alpha value is -0.810. The van der Waals surface area contributed by atoms with Crippen LogP contribution in [0.5, 0.6) is 0 Å². The van der Waals surface area contributed by atoms with Gasteiger partial charge in [0.05, 0.1) is 0 Å². The summed E-state index contributed by atoms with van der Waals surface area (Å²) >= 11 is 0. The second-order valence-electron chi connectivity index (χ2n) is 6.31. The number of piperidine rings is 1. The van der Waals surface area contributed by atoms with Crippen molar-refractivity contribution in [1.82, 2.24) is 15.5 Å². The summed E-state index contributed by atoms with van der Waals surface area (Å²) in [5, 5.41) is 6.35. The van der Waals surface area contributed by atoms with E-state index in [0.717, 1.165) is 32.6 Å². The summed E-state index contributed by atoms with van der Waals surface area (Å²) < 4.78 is 0. The maximum atomic E-state index is 12.0. The highest BCUT2D eigenvalue weighted by Gasteiger charge is 2.21. The fourth-order valence-corrected chi connectivity index (χ4v) is 3.10. The van der Waals surface area contributed by atoms with Crippen LogP contribution >= 0.6 is 12.4 Å². The average molecular weight is 348 g/mol. The molecule has 136 valence electrons. The first-order valence-electron chi connectivity index (χ1n) is 8.83. The minimum absolute atomic E-state index is 0. The van der Waals surface area contributed by atoms with Crippen molar-refractivity contribution in [3.05, 3.63) is 0 Å². The van der Waals surface area contributed by atoms with Gasteiger partial charge in [0.1, 0.15) is 0 Å². The Morgan fingerprint density at radius 3 is 2.57 bits per heavy atom. The topological polar surface area (TPSA) is 61.4 Å². The van der Waals surface area contributed by atoms with Crippen molar-refractivity contribution in [2.45, 2.75) is 52.9 Å². The van der Waals surface area contributed by atoms with Crippen molar-refractivity contribution in [3.63, 3.8) is 0 Å². The normalized spacial score (nSPS) is 18.7. The lowest BCUT2D eigenvalue weighted by atomic mass is 9.85. The van der Waals surface area contributed by atoms with Crippen LogP contribution in [0.1, 0.15) is 52.9 Å². The molecule has 1 saturated heterocycles. The van der Waals surface area contributed by atoms with E-state index < -0.39 is 0 Å². The van der Waals surface area contributed by atoms with E-state index in [2.05, 4.69) is 17.6 Å². The van der Waals surface area contributed by atoms with Crippen LogP contribution in [0.15, 0.2) is 0 Å². The number of carbonyl (C=O) groups excluding carboxylic acids is 2. The first kappa shape index (κ1) is 22.2. The van der Waals surface area contributed by atoms with Gasteiger partial charge in [0.2, 0.25) is 11.8 Å². The van der Waals surface area contributed by atoms with Crippen LogP contribution in [0.2, 0.25) is 0 Å². The van der Waals surface area contributed by atoms with E-state index in [9.17, 15) is 9.59 Å². The molecule has 0 radical (unpaired) electrons. The SMILES string of the molecule is CCN(CC)C(=O)CCCNC(=O)CC(C)C1CCCNC1.Cl. The van der Waals surface area contributed by atoms with E-state index in [1.54, 1.807) is 0 Å². The monoisotopic (exact) mass is 347 g/mol. The number of carbonyl (C=O) groups is 2. The van der Waals surface area contributed by atoms with Gasteiger partial charge in [-0.15, -0.1) is 12.4 Å². The Bertz CT molecular complexity index is 343. The molecule has 0 aromatic heterocycles. The maximum Gasteiger partial charge on any atom is 0.222 e. The minimum atomic E-state index is 0. The van der Waals surface area contributed by atoms with Crippen LogP contribution in [0.4, 0.5) is 0 Å². The van der Waals surface area contributed by atoms with Crippen molar-refractivity contribution >= 4 is 24.2 Å². The highest BCUT2D eigenvalue weighted by Crippen LogP contribution is 2.22. The van der Waals surface area contributed by atoms with Crippen molar-refractivity contribution < 1.29 is 9.59 Å². The Balaban J connectivity index is 0.00000484. The molecule has 5 nitrogen and oxygen atoms in total. The standard InChI is InChI=1S/C17H33N3O2.ClH/c1-4-20(5-2)17(22)9-7-11-19-16(21)12-14(3)15-8-6-10-18-13-15;/h14-15,18H,4-13H2,1-3H3,(H,19,21);1H. The first-order chi connectivity index (χ1) is 10.6. The van der Waals surface area contributed by atoms with Crippen molar-refractivity contribution in [2.75, 3.05) is 32.7 Å². The number of amides is 2. The van der Waals surface area contributed by atoms with Crippen LogP contribution in [-0.2, 0) is 9.59 Å². The zero-order valence-corrected chi connectivity index (χ0v) is 15.7. The smallest absolute Gasteiger partial charge is 0.222 e. The van der Waals surface area contributed by atoms with Gasteiger partial charge >= 0.3 is 0 Å². The summed E-state index contributed by atoms with van der Waals surface area (Å²) in [6.45, 7) is 10.4. The van der Waals surface area contributed by atoms with Crippen LogP contribution in [0.3, 0.4) is 0 Å². The molecular formula is C17H34ClN3O2. The van der Waals surface area contributed by atoms with E-state index in [-0.39, 0.29) is 24.2 Å². The van der Waals surface area contributed by atoms with E-state index in [4.69, 9.17) is 0 Å². The Kier molecular flexibility index (Phi) is 12.1. The second-order valence-corrected chi connectivity index (χ2v) is 6.31.